The smallest absolute Gasteiger partial charge is 0.415 e. The molecule has 0 radical (unpaired) electrons. The Hall–Kier alpha value is -3.68. The standard InChI is InChI=1S/C20H15F5N4O4S/c1-9-8-26-19(15(22)14(9)21)33-18-13(10(2)16(28-29-18)20(23,24)25)17(30)27-11-5-4-6-12(7-11)34(3,31)32/h4-8H,1-3H3,(H,27,30). The fourth-order valence-corrected chi connectivity index (χ4v) is 3.47. The van der Waals surface area contributed by atoms with Gasteiger partial charge in [0.25, 0.3) is 17.7 Å². The number of aryl methyl sites for hydroxylation is 1. The van der Waals surface area contributed by atoms with Crippen molar-refractivity contribution in [3.63, 3.8) is 0 Å². The van der Waals surface area contributed by atoms with E-state index < -0.39 is 62.1 Å². The molecule has 8 nitrogen and oxygen atoms in total. The molecule has 0 atom stereocenters. The highest BCUT2D eigenvalue weighted by Gasteiger charge is 2.38. The molecule has 0 aliphatic carbocycles. The van der Waals surface area contributed by atoms with Gasteiger partial charge in [-0.05, 0) is 37.6 Å². The number of pyridine rings is 1. The van der Waals surface area contributed by atoms with Gasteiger partial charge in [0.2, 0.25) is 5.82 Å². The van der Waals surface area contributed by atoms with Gasteiger partial charge in [-0.2, -0.15) is 17.6 Å². The van der Waals surface area contributed by atoms with E-state index in [0.29, 0.717) is 0 Å². The van der Waals surface area contributed by atoms with Crippen molar-refractivity contribution >= 4 is 21.4 Å². The molecule has 1 aromatic carbocycles. The number of hydrogen-bond donors (Lipinski definition) is 1. The lowest BCUT2D eigenvalue weighted by Crippen LogP contribution is -2.21. The predicted octanol–water partition coefficient (Wildman–Crippen LogP) is 4.23. The summed E-state index contributed by atoms with van der Waals surface area (Å²) in [4.78, 5) is 16.3. The molecule has 14 heteroatoms. The largest absolute Gasteiger partial charge is 0.435 e. The van der Waals surface area contributed by atoms with Crippen molar-refractivity contribution in [2.24, 2.45) is 0 Å². The van der Waals surface area contributed by atoms with Crippen LogP contribution >= 0.6 is 0 Å². The van der Waals surface area contributed by atoms with Gasteiger partial charge >= 0.3 is 6.18 Å². The molecular weight excluding hydrogens is 487 g/mol. The van der Waals surface area contributed by atoms with Crippen LogP contribution in [0.5, 0.6) is 11.8 Å². The number of nitrogens with one attached hydrogen (secondary N) is 1. The van der Waals surface area contributed by atoms with E-state index >= 15 is 0 Å². The Kier molecular flexibility index (Phi) is 6.55. The summed E-state index contributed by atoms with van der Waals surface area (Å²) in [5, 5.41) is 8.49. The van der Waals surface area contributed by atoms with Crippen molar-refractivity contribution in [2.75, 3.05) is 11.6 Å². The van der Waals surface area contributed by atoms with Crippen LogP contribution in [0.3, 0.4) is 0 Å². The molecule has 0 saturated heterocycles. The van der Waals surface area contributed by atoms with E-state index in [1.54, 1.807) is 0 Å². The highest BCUT2D eigenvalue weighted by molar-refractivity contribution is 7.90. The SMILES string of the molecule is Cc1cnc(Oc2nnc(C(F)(F)F)c(C)c2C(=O)Nc2cccc(S(C)(=O)=O)c2)c(F)c1F. The molecule has 180 valence electrons. The summed E-state index contributed by atoms with van der Waals surface area (Å²) in [6.07, 6.45) is -3.16. The van der Waals surface area contributed by atoms with Crippen LogP contribution in [-0.4, -0.2) is 35.8 Å². The maximum absolute atomic E-state index is 14.2. The number of amides is 1. The minimum atomic E-state index is -5.00. The van der Waals surface area contributed by atoms with Gasteiger partial charge in [-0.15, -0.1) is 10.2 Å². The normalized spacial score (nSPS) is 11.9. The van der Waals surface area contributed by atoms with Crippen molar-refractivity contribution in [3.05, 3.63) is 64.5 Å². The number of benzene rings is 1. The third-order valence-corrected chi connectivity index (χ3v) is 5.61. The lowest BCUT2D eigenvalue weighted by atomic mass is 10.1. The first-order chi connectivity index (χ1) is 15.7. The number of ether oxygens (including phenoxy) is 1. The molecule has 0 spiro atoms. The second kappa shape index (κ2) is 8.93. The molecule has 0 saturated carbocycles. The number of hydrogen-bond acceptors (Lipinski definition) is 7. The highest BCUT2D eigenvalue weighted by Crippen LogP contribution is 2.35. The Balaban J connectivity index is 2.10. The Labute approximate surface area is 189 Å². The van der Waals surface area contributed by atoms with E-state index in [0.717, 1.165) is 25.4 Å². The molecule has 0 fully saturated rings. The lowest BCUT2D eigenvalue weighted by Gasteiger charge is -2.16. The first kappa shape index (κ1) is 25.0. The number of carbonyl (C=O) groups excluding carboxylic acids is 1. The maximum Gasteiger partial charge on any atom is 0.435 e. The number of nitrogens with zero attached hydrogens (tertiary/aromatic N) is 3. The topological polar surface area (TPSA) is 111 Å². The Morgan fingerprint density at radius 1 is 1.06 bits per heavy atom. The van der Waals surface area contributed by atoms with Crippen LogP contribution in [0.4, 0.5) is 27.6 Å². The first-order valence-corrected chi connectivity index (χ1v) is 11.1. The minimum Gasteiger partial charge on any atom is -0.415 e. The summed E-state index contributed by atoms with van der Waals surface area (Å²) in [5.74, 6) is -5.93. The van der Waals surface area contributed by atoms with Gasteiger partial charge < -0.3 is 10.1 Å². The van der Waals surface area contributed by atoms with Crippen molar-refractivity contribution in [3.8, 4) is 11.8 Å². The molecule has 1 N–H and O–H groups in total. The van der Waals surface area contributed by atoms with Gasteiger partial charge in [0.1, 0.15) is 5.56 Å². The Morgan fingerprint density at radius 3 is 2.35 bits per heavy atom. The van der Waals surface area contributed by atoms with E-state index in [2.05, 4.69) is 20.5 Å². The predicted molar refractivity (Wildman–Crippen MR) is 108 cm³/mol. The van der Waals surface area contributed by atoms with Gasteiger partial charge in [-0.3, -0.25) is 4.79 Å². The summed E-state index contributed by atoms with van der Waals surface area (Å²) in [5.41, 5.74) is -3.27. The zero-order valence-electron chi connectivity index (χ0n) is 17.7. The van der Waals surface area contributed by atoms with Crippen LogP contribution in [0.15, 0.2) is 35.4 Å². The molecule has 0 aliphatic heterocycles. The van der Waals surface area contributed by atoms with E-state index in [4.69, 9.17) is 4.74 Å². The number of sulfone groups is 1. The van der Waals surface area contributed by atoms with Gasteiger partial charge in [0, 0.05) is 23.7 Å². The maximum atomic E-state index is 14.2. The molecule has 1 amide bonds. The van der Waals surface area contributed by atoms with Gasteiger partial charge in [0.05, 0.1) is 4.90 Å². The summed E-state index contributed by atoms with van der Waals surface area (Å²) in [6.45, 7) is 2.13. The molecular formula is C20H15F5N4O4S. The molecule has 2 heterocycles. The van der Waals surface area contributed by atoms with Crippen LogP contribution in [-0.2, 0) is 16.0 Å². The van der Waals surface area contributed by atoms with Crippen LogP contribution in [0.25, 0.3) is 0 Å². The Bertz CT molecular complexity index is 1390. The number of carbonyl (C=O) groups is 1. The number of halogens is 5. The number of aromatic nitrogens is 3. The van der Waals surface area contributed by atoms with E-state index in [1.807, 2.05) is 0 Å². The second-order valence-electron chi connectivity index (χ2n) is 7.08. The van der Waals surface area contributed by atoms with Gasteiger partial charge in [-0.25, -0.2) is 17.8 Å². The van der Waals surface area contributed by atoms with Crippen molar-refractivity contribution in [2.45, 2.75) is 24.9 Å². The summed E-state index contributed by atoms with van der Waals surface area (Å²) in [6, 6.07) is 4.93. The molecule has 0 bridgehead atoms. The summed E-state index contributed by atoms with van der Waals surface area (Å²) in [7, 11) is -3.65. The molecule has 2 aromatic heterocycles. The van der Waals surface area contributed by atoms with Crippen molar-refractivity contribution in [1.82, 2.24) is 15.2 Å². The average molecular weight is 502 g/mol. The number of anilines is 1. The quantitative estimate of drug-likeness (QED) is 0.520. The van der Waals surface area contributed by atoms with Crippen molar-refractivity contribution < 1.29 is 39.9 Å². The van der Waals surface area contributed by atoms with Gasteiger partial charge in [-0.1, -0.05) is 6.07 Å². The molecule has 34 heavy (non-hydrogen) atoms. The third-order valence-electron chi connectivity index (χ3n) is 4.50. The first-order valence-electron chi connectivity index (χ1n) is 9.24. The summed E-state index contributed by atoms with van der Waals surface area (Å²) < 4.78 is 96.7. The third kappa shape index (κ3) is 5.11. The molecule has 0 unspecified atom stereocenters. The fraction of sp³-hybridized carbons (Fsp3) is 0.200. The van der Waals surface area contributed by atoms with Crippen LogP contribution in [0.1, 0.15) is 27.2 Å². The lowest BCUT2D eigenvalue weighted by molar-refractivity contribution is -0.142. The number of alkyl halides is 3. The monoisotopic (exact) mass is 502 g/mol. The van der Waals surface area contributed by atoms with Crippen LogP contribution in [0, 0.1) is 25.5 Å². The Morgan fingerprint density at radius 2 is 1.74 bits per heavy atom. The molecule has 0 aliphatic rings. The van der Waals surface area contributed by atoms with Crippen LogP contribution < -0.4 is 10.1 Å². The second-order valence-corrected chi connectivity index (χ2v) is 9.10. The zero-order valence-corrected chi connectivity index (χ0v) is 18.5. The average Bonchev–Trinajstić information content (AvgIpc) is 2.73. The molecule has 3 aromatic rings. The van der Waals surface area contributed by atoms with Crippen molar-refractivity contribution in [1.29, 1.82) is 0 Å². The minimum absolute atomic E-state index is 0.0747. The van der Waals surface area contributed by atoms with E-state index in [9.17, 15) is 35.2 Å². The highest BCUT2D eigenvalue weighted by atomic mass is 32.2. The summed E-state index contributed by atoms with van der Waals surface area (Å²) >= 11 is 0. The van der Waals surface area contributed by atoms with Crippen LogP contribution in [0.2, 0.25) is 0 Å². The fourth-order valence-electron chi connectivity index (χ4n) is 2.80. The van der Waals surface area contributed by atoms with Gasteiger partial charge in [0.15, 0.2) is 21.3 Å². The van der Waals surface area contributed by atoms with E-state index in [-0.39, 0.29) is 16.1 Å². The van der Waals surface area contributed by atoms with E-state index in [1.165, 1.54) is 25.1 Å². The zero-order chi connectivity index (χ0) is 25.4. The molecule has 3 rings (SSSR count). The number of rotatable bonds is 5.